The van der Waals surface area contributed by atoms with E-state index in [-0.39, 0.29) is 11.9 Å². The molecular weight excluding hydrogens is 224 g/mol. The van der Waals surface area contributed by atoms with Crippen LogP contribution in [0.2, 0.25) is 5.02 Å². The quantitative estimate of drug-likeness (QED) is 0.845. The molecule has 0 aromatic carbocycles. The number of carbonyl (C=O) groups excluding carboxylic acids is 1. The highest BCUT2D eigenvalue weighted by Crippen LogP contribution is 2.25. The summed E-state index contributed by atoms with van der Waals surface area (Å²) >= 11 is 6.10. The molecular formula is C12H15ClN2O. The molecule has 0 radical (unpaired) electrons. The van der Waals surface area contributed by atoms with Gasteiger partial charge in [-0.25, -0.2) is 0 Å². The van der Waals surface area contributed by atoms with Crippen molar-refractivity contribution in [1.29, 1.82) is 0 Å². The molecule has 3 nitrogen and oxygen atoms in total. The Hall–Kier alpha value is -1.22. The van der Waals surface area contributed by atoms with E-state index >= 15 is 0 Å². The Kier molecular flexibility index (Phi) is 3.06. The van der Waals surface area contributed by atoms with Crippen molar-refractivity contribution in [2.45, 2.75) is 32.9 Å². The predicted octanol–water partition coefficient (Wildman–Crippen LogP) is 2.70. The van der Waals surface area contributed by atoms with Gasteiger partial charge in [-0.3, -0.25) is 4.79 Å². The summed E-state index contributed by atoms with van der Waals surface area (Å²) in [6, 6.07) is 1.96. The van der Waals surface area contributed by atoms with Gasteiger partial charge in [0.15, 0.2) is 0 Å². The van der Waals surface area contributed by atoms with Crippen LogP contribution in [0.5, 0.6) is 0 Å². The van der Waals surface area contributed by atoms with Gasteiger partial charge >= 0.3 is 0 Å². The molecule has 2 rings (SSSR count). The fourth-order valence-corrected chi connectivity index (χ4v) is 2.18. The maximum atomic E-state index is 12.0. The van der Waals surface area contributed by atoms with Crippen LogP contribution in [0.4, 0.5) is 0 Å². The molecule has 2 heterocycles. The van der Waals surface area contributed by atoms with E-state index in [4.69, 9.17) is 11.6 Å². The molecule has 0 fully saturated rings. The standard InChI is InChI=1S/C12H15ClN2O/c1-8(2)14-12(16)11-10(13)7-9-5-3-4-6-15(9)11/h3,5,7-8H,4,6H2,1-2H3,(H,14,16). The van der Waals surface area contributed by atoms with Gasteiger partial charge in [-0.2, -0.15) is 0 Å². The van der Waals surface area contributed by atoms with Gasteiger partial charge in [0.05, 0.1) is 5.02 Å². The number of allylic oxidation sites excluding steroid dienone is 1. The van der Waals surface area contributed by atoms with E-state index in [2.05, 4.69) is 11.4 Å². The highest BCUT2D eigenvalue weighted by atomic mass is 35.5. The third-order valence-corrected chi connectivity index (χ3v) is 2.81. The van der Waals surface area contributed by atoms with Crippen molar-refractivity contribution in [1.82, 2.24) is 9.88 Å². The van der Waals surface area contributed by atoms with Crippen LogP contribution < -0.4 is 5.32 Å². The second-order valence-corrected chi connectivity index (χ2v) is 4.64. The lowest BCUT2D eigenvalue weighted by Gasteiger charge is -2.15. The lowest BCUT2D eigenvalue weighted by molar-refractivity contribution is 0.0933. The Morgan fingerprint density at radius 2 is 2.31 bits per heavy atom. The lowest BCUT2D eigenvalue weighted by atomic mass is 10.2. The van der Waals surface area contributed by atoms with Crippen LogP contribution in [0.25, 0.3) is 6.08 Å². The maximum Gasteiger partial charge on any atom is 0.269 e. The highest BCUT2D eigenvalue weighted by molar-refractivity contribution is 6.34. The Bertz CT molecular complexity index is 446. The summed E-state index contributed by atoms with van der Waals surface area (Å²) in [5.74, 6) is -0.0958. The van der Waals surface area contributed by atoms with E-state index in [0.717, 1.165) is 18.7 Å². The minimum atomic E-state index is -0.0958. The number of rotatable bonds is 2. The van der Waals surface area contributed by atoms with Crippen LogP contribution >= 0.6 is 11.6 Å². The van der Waals surface area contributed by atoms with Crippen LogP contribution in [-0.2, 0) is 6.54 Å². The van der Waals surface area contributed by atoms with Gasteiger partial charge in [0, 0.05) is 18.3 Å². The third kappa shape index (κ3) is 2.00. The molecule has 1 aromatic rings. The van der Waals surface area contributed by atoms with Gasteiger partial charge in [-0.15, -0.1) is 0 Å². The minimum absolute atomic E-state index is 0.0958. The SMILES string of the molecule is CC(C)NC(=O)c1c(Cl)cc2n1CCC=C2. The second kappa shape index (κ2) is 4.34. The molecule has 1 aliphatic heterocycles. The normalized spacial score (nSPS) is 14.0. The fourth-order valence-electron chi connectivity index (χ4n) is 1.88. The highest BCUT2D eigenvalue weighted by Gasteiger charge is 2.20. The number of halogens is 1. The van der Waals surface area contributed by atoms with E-state index in [9.17, 15) is 4.79 Å². The van der Waals surface area contributed by atoms with Crippen molar-refractivity contribution in [2.24, 2.45) is 0 Å². The first-order valence-electron chi connectivity index (χ1n) is 5.46. The Morgan fingerprint density at radius 3 is 3.00 bits per heavy atom. The van der Waals surface area contributed by atoms with Crippen LogP contribution in [-0.4, -0.2) is 16.5 Å². The Balaban J connectivity index is 2.37. The first kappa shape index (κ1) is 11.3. The van der Waals surface area contributed by atoms with Crippen molar-refractivity contribution in [3.05, 3.63) is 28.6 Å². The van der Waals surface area contributed by atoms with Crippen molar-refractivity contribution in [3.8, 4) is 0 Å². The summed E-state index contributed by atoms with van der Waals surface area (Å²) in [7, 11) is 0. The van der Waals surface area contributed by atoms with E-state index < -0.39 is 0 Å². The monoisotopic (exact) mass is 238 g/mol. The summed E-state index contributed by atoms with van der Waals surface area (Å²) in [6.45, 7) is 4.69. The molecule has 4 heteroatoms. The number of fused-ring (bicyclic) bond motifs is 1. The molecule has 0 saturated carbocycles. The molecule has 1 N–H and O–H groups in total. The number of hydrogen-bond acceptors (Lipinski definition) is 1. The first-order chi connectivity index (χ1) is 7.59. The molecule has 0 bridgehead atoms. The number of aromatic nitrogens is 1. The number of nitrogens with one attached hydrogen (secondary N) is 1. The lowest BCUT2D eigenvalue weighted by Crippen LogP contribution is -2.32. The summed E-state index contributed by atoms with van der Waals surface area (Å²) in [5.41, 5.74) is 1.58. The zero-order valence-corrected chi connectivity index (χ0v) is 10.2. The summed E-state index contributed by atoms with van der Waals surface area (Å²) in [6.07, 6.45) is 5.04. The van der Waals surface area contributed by atoms with Gasteiger partial charge in [0.2, 0.25) is 0 Å². The van der Waals surface area contributed by atoms with Crippen molar-refractivity contribution < 1.29 is 4.79 Å². The number of carbonyl (C=O) groups is 1. The first-order valence-corrected chi connectivity index (χ1v) is 5.84. The van der Waals surface area contributed by atoms with Crippen molar-refractivity contribution in [2.75, 3.05) is 0 Å². The summed E-state index contributed by atoms with van der Waals surface area (Å²) in [5, 5.41) is 3.40. The second-order valence-electron chi connectivity index (χ2n) is 4.24. The molecule has 1 amide bonds. The van der Waals surface area contributed by atoms with Gasteiger partial charge in [-0.05, 0) is 32.4 Å². The maximum absolute atomic E-state index is 12.0. The smallest absolute Gasteiger partial charge is 0.269 e. The number of hydrogen-bond donors (Lipinski definition) is 1. The molecule has 0 saturated heterocycles. The molecule has 0 atom stereocenters. The average Bonchev–Trinajstić information content (AvgIpc) is 2.52. The van der Waals surface area contributed by atoms with E-state index in [1.807, 2.05) is 30.6 Å². The van der Waals surface area contributed by atoms with E-state index in [1.165, 1.54) is 0 Å². The summed E-state index contributed by atoms with van der Waals surface area (Å²) < 4.78 is 1.97. The molecule has 86 valence electrons. The zero-order chi connectivity index (χ0) is 11.7. The fraction of sp³-hybridized carbons (Fsp3) is 0.417. The Morgan fingerprint density at radius 1 is 1.56 bits per heavy atom. The molecule has 0 spiro atoms. The third-order valence-electron chi connectivity index (χ3n) is 2.53. The summed E-state index contributed by atoms with van der Waals surface area (Å²) in [4.78, 5) is 12.0. The minimum Gasteiger partial charge on any atom is -0.349 e. The predicted molar refractivity (Wildman–Crippen MR) is 65.7 cm³/mol. The number of amides is 1. The van der Waals surface area contributed by atoms with Gasteiger partial charge < -0.3 is 9.88 Å². The van der Waals surface area contributed by atoms with Crippen LogP contribution in [0.1, 0.15) is 36.5 Å². The number of nitrogens with zero attached hydrogens (tertiary/aromatic N) is 1. The van der Waals surface area contributed by atoms with E-state index in [1.54, 1.807) is 0 Å². The molecule has 0 unspecified atom stereocenters. The molecule has 16 heavy (non-hydrogen) atoms. The van der Waals surface area contributed by atoms with Crippen molar-refractivity contribution >= 4 is 23.6 Å². The van der Waals surface area contributed by atoms with Crippen molar-refractivity contribution in [3.63, 3.8) is 0 Å². The zero-order valence-electron chi connectivity index (χ0n) is 9.46. The van der Waals surface area contributed by atoms with Gasteiger partial charge in [-0.1, -0.05) is 17.7 Å². The van der Waals surface area contributed by atoms with Crippen LogP contribution in [0, 0.1) is 0 Å². The average molecular weight is 239 g/mol. The molecule has 0 aliphatic carbocycles. The topological polar surface area (TPSA) is 34.0 Å². The van der Waals surface area contributed by atoms with Crippen LogP contribution in [0.3, 0.4) is 0 Å². The van der Waals surface area contributed by atoms with E-state index in [0.29, 0.717) is 10.7 Å². The van der Waals surface area contributed by atoms with Gasteiger partial charge in [0.1, 0.15) is 5.69 Å². The van der Waals surface area contributed by atoms with Gasteiger partial charge in [0.25, 0.3) is 5.91 Å². The molecule has 1 aromatic heterocycles. The molecule has 1 aliphatic rings. The Labute approximate surface area is 100 Å². The largest absolute Gasteiger partial charge is 0.349 e. The van der Waals surface area contributed by atoms with Crippen LogP contribution in [0.15, 0.2) is 12.1 Å².